The van der Waals surface area contributed by atoms with Crippen molar-refractivity contribution in [3.05, 3.63) is 72.3 Å². The Hall–Kier alpha value is -3.34. The van der Waals surface area contributed by atoms with E-state index in [0.717, 1.165) is 22.4 Å². The van der Waals surface area contributed by atoms with Gasteiger partial charge < -0.3 is 10.1 Å². The number of amides is 1. The highest BCUT2D eigenvalue weighted by Crippen LogP contribution is 2.18. The Morgan fingerprint density at radius 2 is 1.88 bits per heavy atom. The molecule has 25 heavy (non-hydrogen) atoms. The zero-order valence-corrected chi connectivity index (χ0v) is 13.9. The molecule has 0 bridgehead atoms. The van der Waals surface area contributed by atoms with E-state index in [1.807, 2.05) is 60.7 Å². The average Bonchev–Trinajstić information content (AvgIpc) is 2.66. The van der Waals surface area contributed by atoms with Crippen LogP contribution in [-0.4, -0.2) is 25.8 Å². The van der Waals surface area contributed by atoms with Gasteiger partial charge >= 0.3 is 0 Å². The minimum atomic E-state index is -0.215. The largest absolute Gasteiger partial charge is 0.497 e. The molecule has 0 aliphatic carbocycles. The van der Waals surface area contributed by atoms with Crippen LogP contribution in [0.3, 0.4) is 0 Å². The van der Waals surface area contributed by atoms with Crippen LogP contribution >= 0.6 is 0 Å². The van der Waals surface area contributed by atoms with Crippen molar-refractivity contribution in [2.24, 2.45) is 5.10 Å². The molecule has 3 aromatic carbocycles. The lowest BCUT2D eigenvalue weighted by Gasteiger charge is -2.06. The molecule has 0 atom stereocenters. The third-order valence-corrected chi connectivity index (χ3v) is 3.70. The third kappa shape index (κ3) is 4.57. The first-order valence-corrected chi connectivity index (χ1v) is 7.93. The molecule has 1 amide bonds. The maximum Gasteiger partial charge on any atom is 0.259 e. The summed E-state index contributed by atoms with van der Waals surface area (Å²) in [7, 11) is 1.61. The Balaban J connectivity index is 1.52. The van der Waals surface area contributed by atoms with Gasteiger partial charge in [-0.25, -0.2) is 5.43 Å². The van der Waals surface area contributed by atoms with Crippen molar-refractivity contribution in [2.45, 2.75) is 0 Å². The Labute approximate surface area is 146 Å². The summed E-state index contributed by atoms with van der Waals surface area (Å²) in [6.07, 6.45) is 1.58. The Morgan fingerprint density at radius 3 is 2.72 bits per heavy atom. The molecule has 5 heteroatoms. The zero-order chi connectivity index (χ0) is 17.5. The van der Waals surface area contributed by atoms with E-state index in [1.54, 1.807) is 13.3 Å². The van der Waals surface area contributed by atoms with Crippen LogP contribution in [0.4, 0.5) is 5.69 Å². The summed E-state index contributed by atoms with van der Waals surface area (Å²) < 4.78 is 5.14. The first kappa shape index (κ1) is 16.5. The van der Waals surface area contributed by atoms with Crippen LogP contribution in [0.1, 0.15) is 5.56 Å². The average molecular weight is 333 g/mol. The SMILES string of the molecule is COc1cccc(/C=N\NC(=O)CNc2ccc3ccccc3c2)c1. The van der Waals surface area contributed by atoms with Crippen LogP contribution in [0.5, 0.6) is 5.75 Å². The predicted octanol–water partition coefficient (Wildman–Crippen LogP) is 3.41. The van der Waals surface area contributed by atoms with Gasteiger partial charge in [-0.05, 0) is 40.6 Å². The molecular formula is C20H19N3O2. The summed E-state index contributed by atoms with van der Waals surface area (Å²) in [5.74, 6) is 0.528. The monoisotopic (exact) mass is 333 g/mol. The lowest BCUT2D eigenvalue weighted by Crippen LogP contribution is -2.25. The molecule has 126 valence electrons. The van der Waals surface area contributed by atoms with Crippen molar-refractivity contribution in [1.29, 1.82) is 0 Å². The summed E-state index contributed by atoms with van der Waals surface area (Å²) in [6.45, 7) is 0.147. The number of rotatable bonds is 6. The number of hydrogen-bond acceptors (Lipinski definition) is 4. The minimum Gasteiger partial charge on any atom is -0.497 e. The summed E-state index contributed by atoms with van der Waals surface area (Å²) in [4.78, 5) is 11.9. The molecule has 0 aliphatic heterocycles. The lowest BCUT2D eigenvalue weighted by atomic mass is 10.1. The highest BCUT2D eigenvalue weighted by Gasteiger charge is 2.01. The molecule has 0 unspecified atom stereocenters. The standard InChI is InChI=1S/C20H19N3O2/c1-25-19-8-4-5-15(11-19)13-22-23-20(24)14-21-18-10-9-16-6-2-3-7-17(16)12-18/h2-13,21H,14H2,1H3,(H,23,24)/b22-13-. The maximum atomic E-state index is 11.9. The second kappa shape index (κ2) is 7.97. The molecule has 0 fully saturated rings. The Bertz CT molecular complexity index is 906. The van der Waals surface area contributed by atoms with Gasteiger partial charge in [0.2, 0.25) is 0 Å². The van der Waals surface area contributed by atoms with Gasteiger partial charge in [-0.1, -0.05) is 42.5 Å². The van der Waals surface area contributed by atoms with E-state index in [-0.39, 0.29) is 12.5 Å². The van der Waals surface area contributed by atoms with Crippen LogP contribution < -0.4 is 15.5 Å². The number of ether oxygens (including phenoxy) is 1. The number of nitrogens with one attached hydrogen (secondary N) is 2. The van der Waals surface area contributed by atoms with E-state index in [0.29, 0.717) is 0 Å². The smallest absolute Gasteiger partial charge is 0.259 e. The Kier molecular flexibility index (Phi) is 5.26. The van der Waals surface area contributed by atoms with Gasteiger partial charge in [-0.3, -0.25) is 4.79 Å². The number of carbonyl (C=O) groups excluding carboxylic acids is 1. The fourth-order valence-electron chi connectivity index (χ4n) is 2.42. The highest BCUT2D eigenvalue weighted by molar-refractivity contribution is 5.87. The van der Waals surface area contributed by atoms with Crippen molar-refractivity contribution >= 4 is 28.6 Å². The minimum absolute atomic E-state index is 0.147. The number of nitrogens with zero attached hydrogens (tertiary/aromatic N) is 1. The number of hydrogen-bond donors (Lipinski definition) is 2. The number of methoxy groups -OCH3 is 1. The molecule has 5 nitrogen and oxygen atoms in total. The second-order valence-corrected chi connectivity index (χ2v) is 5.49. The second-order valence-electron chi connectivity index (χ2n) is 5.49. The van der Waals surface area contributed by atoms with Crippen molar-refractivity contribution in [3.63, 3.8) is 0 Å². The summed E-state index contributed by atoms with van der Waals surface area (Å²) in [5, 5.41) is 9.35. The van der Waals surface area contributed by atoms with Crippen molar-refractivity contribution in [3.8, 4) is 5.75 Å². The molecule has 0 heterocycles. The summed E-state index contributed by atoms with van der Waals surface area (Å²) in [5.41, 5.74) is 4.25. The zero-order valence-electron chi connectivity index (χ0n) is 13.9. The van der Waals surface area contributed by atoms with Gasteiger partial charge in [-0.2, -0.15) is 5.10 Å². The summed E-state index contributed by atoms with van der Waals surface area (Å²) in [6, 6.07) is 21.5. The summed E-state index contributed by atoms with van der Waals surface area (Å²) >= 11 is 0. The predicted molar refractivity (Wildman–Crippen MR) is 101 cm³/mol. The fraction of sp³-hybridized carbons (Fsp3) is 0.100. The normalized spacial score (nSPS) is 10.8. The van der Waals surface area contributed by atoms with Gasteiger partial charge in [0.15, 0.2) is 0 Å². The molecule has 2 N–H and O–H groups in total. The van der Waals surface area contributed by atoms with Crippen LogP contribution in [0.25, 0.3) is 10.8 Å². The number of fused-ring (bicyclic) bond motifs is 1. The Morgan fingerprint density at radius 1 is 1.04 bits per heavy atom. The van der Waals surface area contributed by atoms with E-state index < -0.39 is 0 Å². The number of carbonyl (C=O) groups is 1. The van der Waals surface area contributed by atoms with E-state index in [9.17, 15) is 4.79 Å². The lowest BCUT2D eigenvalue weighted by molar-refractivity contribution is -0.119. The van der Waals surface area contributed by atoms with Crippen LogP contribution in [0, 0.1) is 0 Å². The van der Waals surface area contributed by atoms with Gasteiger partial charge in [0, 0.05) is 5.69 Å². The van der Waals surface area contributed by atoms with Crippen molar-refractivity contribution in [1.82, 2.24) is 5.43 Å². The first-order valence-electron chi connectivity index (χ1n) is 7.93. The fourth-order valence-corrected chi connectivity index (χ4v) is 2.42. The molecule has 0 spiro atoms. The number of hydrazone groups is 1. The molecule has 3 aromatic rings. The first-order chi connectivity index (χ1) is 12.2. The van der Waals surface area contributed by atoms with E-state index >= 15 is 0 Å². The number of anilines is 1. The van der Waals surface area contributed by atoms with Crippen LogP contribution in [-0.2, 0) is 4.79 Å². The maximum absolute atomic E-state index is 11.9. The topological polar surface area (TPSA) is 62.7 Å². The van der Waals surface area contributed by atoms with Gasteiger partial charge in [0.25, 0.3) is 5.91 Å². The molecule has 0 aromatic heterocycles. The molecule has 3 rings (SSSR count). The molecular weight excluding hydrogens is 314 g/mol. The highest BCUT2D eigenvalue weighted by atomic mass is 16.5. The van der Waals surface area contributed by atoms with Gasteiger partial charge in [0.05, 0.1) is 19.9 Å². The molecule has 0 saturated heterocycles. The molecule has 0 aliphatic rings. The van der Waals surface area contributed by atoms with Crippen LogP contribution in [0.2, 0.25) is 0 Å². The van der Waals surface area contributed by atoms with Gasteiger partial charge in [0.1, 0.15) is 5.75 Å². The number of benzene rings is 3. The van der Waals surface area contributed by atoms with Crippen molar-refractivity contribution in [2.75, 3.05) is 19.0 Å². The molecule has 0 saturated carbocycles. The molecule has 0 radical (unpaired) electrons. The van der Waals surface area contributed by atoms with Gasteiger partial charge in [-0.15, -0.1) is 0 Å². The van der Waals surface area contributed by atoms with E-state index in [1.165, 1.54) is 5.39 Å². The van der Waals surface area contributed by atoms with E-state index in [4.69, 9.17) is 4.74 Å². The van der Waals surface area contributed by atoms with Crippen LogP contribution in [0.15, 0.2) is 71.8 Å². The van der Waals surface area contributed by atoms with Crippen molar-refractivity contribution < 1.29 is 9.53 Å². The third-order valence-electron chi connectivity index (χ3n) is 3.70. The quantitative estimate of drug-likeness (QED) is 0.537. The van der Waals surface area contributed by atoms with E-state index in [2.05, 4.69) is 21.9 Å².